The van der Waals surface area contributed by atoms with Crippen molar-refractivity contribution < 1.29 is 9.59 Å². The third kappa shape index (κ3) is 9.66. The van der Waals surface area contributed by atoms with Gasteiger partial charge in [0.05, 0.1) is 5.41 Å². The zero-order chi connectivity index (χ0) is 30.1. The van der Waals surface area contributed by atoms with Gasteiger partial charge in [-0.3, -0.25) is 14.6 Å². The summed E-state index contributed by atoms with van der Waals surface area (Å²) in [5.41, 5.74) is 26.4. The smallest absolute Gasteiger partial charge is 0.239 e. The van der Waals surface area contributed by atoms with Crippen molar-refractivity contribution >= 4 is 17.8 Å². The molecule has 0 saturated heterocycles. The molecule has 2 aromatic carbocycles. The summed E-state index contributed by atoms with van der Waals surface area (Å²) in [4.78, 5) is 30.3. The lowest BCUT2D eigenvalue weighted by Gasteiger charge is -2.33. The lowest BCUT2D eigenvalue weighted by Crippen LogP contribution is -2.54. The first-order valence-corrected chi connectivity index (χ1v) is 14.1. The molecular formula is C32H50N6O2. The van der Waals surface area contributed by atoms with Gasteiger partial charge in [0.1, 0.15) is 6.04 Å². The number of hydrogen-bond donors (Lipinski definition) is 5. The van der Waals surface area contributed by atoms with E-state index in [9.17, 15) is 9.59 Å². The van der Waals surface area contributed by atoms with Crippen molar-refractivity contribution in [2.24, 2.45) is 33.3 Å². The SMILES string of the molecule is CC(C)(C)c1ccc(CC(CN)(Cc2ccc(C(C)(C)C)cc2)C(=O)N[C@@H](CCCCN=C(N)N)C(N)=O)cc1. The molecule has 0 bridgehead atoms. The van der Waals surface area contributed by atoms with Gasteiger partial charge in [-0.25, -0.2) is 0 Å². The first-order chi connectivity index (χ1) is 18.6. The molecule has 2 rings (SSSR count). The van der Waals surface area contributed by atoms with Crippen LogP contribution >= 0.6 is 0 Å². The Morgan fingerprint density at radius 3 is 1.57 bits per heavy atom. The second-order valence-electron chi connectivity index (χ2n) is 13.0. The van der Waals surface area contributed by atoms with Gasteiger partial charge in [-0.1, -0.05) is 90.1 Å². The van der Waals surface area contributed by atoms with Crippen LogP contribution in [0.15, 0.2) is 53.5 Å². The van der Waals surface area contributed by atoms with E-state index in [0.29, 0.717) is 38.6 Å². The summed E-state index contributed by atoms with van der Waals surface area (Å²) in [6, 6.07) is 15.9. The number of unbranched alkanes of at least 4 members (excludes halogenated alkanes) is 1. The molecule has 2 amide bonds. The molecule has 0 aliphatic carbocycles. The monoisotopic (exact) mass is 550 g/mol. The van der Waals surface area contributed by atoms with E-state index in [1.807, 2.05) is 0 Å². The number of hydrogen-bond acceptors (Lipinski definition) is 4. The fraction of sp³-hybridized carbons (Fsp3) is 0.531. The first-order valence-electron chi connectivity index (χ1n) is 14.1. The number of carbonyl (C=O) groups is 2. The van der Waals surface area contributed by atoms with E-state index in [-0.39, 0.29) is 29.2 Å². The highest BCUT2D eigenvalue weighted by Crippen LogP contribution is 2.31. The Bertz CT molecular complexity index is 1080. The van der Waals surface area contributed by atoms with Crippen LogP contribution in [0.1, 0.15) is 83.1 Å². The molecule has 8 nitrogen and oxygen atoms in total. The molecule has 0 radical (unpaired) electrons. The number of aliphatic imine (C=N–C) groups is 1. The van der Waals surface area contributed by atoms with Crippen LogP contribution in [-0.4, -0.2) is 36.9 Å². The van der Waals surface area contributed by atoms with Crippen LogP contribution in [-0.2, 0) is 33.3 Å². The van der Waals surface area contributed by atoms with E-state index >= 15 is 0 Å². The number of amides is 2. The summed E-state index contributed by atoms with van der Waals surface area (Å²) in [6.45, 7) is 13.6. The Hall–Kier alpha value is -3.39. The number of guanidine groups is 1. The average molecular weight is 551 g/mol. The number of primary amides is 1. The summed E-state index contributed by atoms with van der Waals surface area (Å²) in [5.74, 6) is -0.827. The maximum atomic E-state index is 14.0. The van der Waals surface area contributed by atoms with Crippen molar-refractivity contribution in [3.05, 3.63) is 70.8 Å². The van der Waals surface area contributed by atoms with Crippen LogP contribution in [0, 0.1) is 5.41 Å². The Labute approximate surface area is 240 Å². The summed E-state index contributed by atoms with van der Waals surface area (Å²) in [5, 5.41) is 2.94. The highest BCUT2D eigenvalue weighted by atomic mass is 16.2. The van der Waals surface area contributed by atoms with Crippen molar-refractivity contribution in [3.63, 3.8) is 0 Å². The lowest BCUT2D eigenvalue weighted by molar-refractivity contribution is -0.134. The molecule has 0 heterocycles. The molecule has 220 valence electrons. The summed E-state index contributed by atoms with van der Waals surface area (Å²) >= 11 is 0. The van der Waals surface area contributed by atoms with Gasteiger partial charge in [0, 0.05) is 13.1 Å². The zero-order valence-electron chi connectivity index (χ0n) is 25.2. The van der Waals surface area contributed by atoms with Gasteiger partial charge in [-0.2, -0.15) is 0 Å². The number of nitrogens with two attached hydrogens (primary N) is 4. The molecule has 0 aromatic heterocycles. The highest BCUT2D eigenvalue weighted by Gasteiger charge is 2.39. The minimum Gasteiger partial charge on any atom is -0.370 e. The third-order valence-electron chi connectivity index (χ3n) is 7.44. The fourth-order valence-electron chi connectivity index (χ4n) is 4.75. The second kappa shape index (κ2) is 13.8. The number of rotatable bonds is 13. The minimum absolute atomic E-state index is 0.0194. The van der Waals surface area contributed by atoms with Crippen molar-refractivity contribution in [2.75, 3.05) is 13.1 Å². The molecule has 0 saturated carbocycles. The average Bonchev–Trinajstić information content (AvgIpc) is 2.86. The number of nitrogens with zero attached hydrogens (tertiary/aromatic N) is 1. The Morgan fingerprint density at radius 2 is 1.23 bits per heavy atom. The van der Waals surface area contributed by atoms with Crippen molar-refractivity contribution in [1.29, 1.82) is 0 Å². The molecule has 0 fully saturated rings. The van der Waals surface area contributed by atoms with E-state index in [2.05, 4.69) is 100 Å². The van der Waals surface area contributed by atoms with Gasteiger partial charge < -0.3 is 28.3 Å². The normalized spacial score (nSPS) is 13.0. The predicted octanol–water partition coefficient (Wildman–Crippen LogP) is 3.43. The van der Waals surface area contributed by atoms with Crippen LogP contribution < -0.4 is 28.3 Å². The fourth-order valence-corrected chi connectivity index (χ4v) is 4.75. The molecule has 2 aromatic rings. The van der Waals surface area contributed by atoms with E-state index < -0.39 is 17.4 Å². The Balaban J connectivity index is 2.36. The van der Waals surface area contributed by atoms with Gasteiger partial charge in [-0.15, -0.1) is 0 Å². The molecule has 9 N–H and O–H groups in total. The highest BCUT2D eigenvalue weighted by molar-refractivity contribution is 5.90. The third-order valence-corrected chi connectivity index (χ3v) is 7.44. The van der Waals surface area contributed by atoms with E-state index in [0.717, 1.165) is 11.1 Å². The molecule has 1 atom stereocenters. The van der Waals surface area contributed by atoms with E-state index in [4.69, 9.17) is 22.9 Å². The summed E-state index contributed by atoms with van der Waals surface area (Å²) in [6.07, 6.45) is 2.54. The van der Waals surface area contributed by atoms with Crippen molar-refractivity contribution in [2.45, 2.75) is 90.5 Å². The topological polar surface area (TPSA) is 163 Å². The van der Waals surface area contributed by atoms with Crippen LogP contribution in [0.5, 0.6) is 0 Å². The summed E-state index contributed by atoms with van der Waals surface area (Å²) in [7, 11) is 0. The van der Waals surface area contributed by atoms with Crippen LogP contribution in [0.4, 0.5) is 0 Å². The maximum absolute atomic E-state index is 14.0. The molecule has 0 spiro atoms. The molecule has 40 heavy (non-hydrogen) atoms. The van der Waals surface area contributed by atoms with Crippen molar-refractivity contribution in [3.8, 4) is 0 Å². The molecule has 0 aliphatic rings. The largest absolute Gasteiger partial charge is 0.370 e. The second-order valence-corrected chi connectivity index (χ2v) is 13.0. The Morgan fingerprint density at radius 1 is 0.775 bits per heavy atom. The molecule has 0 unspecified atom stereocenters. The van der Waals surface area contributed by atoms with Crippen LogP contribution in [0.2, 0.25) is 0 Å². The summed E-state index contributed by atoms with van der Waals surface area (Å²) < 4.78 is 0. The number of nitrogens with one attached hydrogen (secondary N) is 1. The number of benzene rings is 2. The van der Waals surface area contributed by atoms with Gasteiger partial charge in [0.2, 0.25) is 11.8 Å². The van der Waals surface area contributed by atoms with Gasteiger partial charge in [-0.05, 0) is 65.2 Å². The lowest BCUT2D eigenvalue weighted by atomic mass is 9.74. The molecular weight excluding hydrogens is 500 g/mol. The first kappa shape index (κ1) is 32.8. The van der Waals surface area contributed by atoms with Crippen molar-refractivity contribution in [1.82, 2.24) is 5.32 Å². The molecule has 0 aliphatic heterocycles. The standard InChI is InChI=1S/C32H50N6O2/c1-30(2,3)24-14-10-22(11-15-24)19-32(21-33,20-23-12-16-25(17-13-23)31(4,5)6)28(40)38-26(27(34)39)9-7-8-18-37-29(35)36/h10-17,26H,7-9,18-21,33H2,1-6H3,(H2,34,39)(H,38,40)(H4,35,36,37)/t26-/m0/s1. The van der Waals surface area contributed by atoms with Crippen LogP contribution in [0.3, 0.4) is 0 Å². The maximum Gasteiger partial charge on any atom is 0.239 e. The predicted molar refractivity (Wildman–Crippen MR) is 165 cm³/mol. The van der Waals surface area contributed by atoms with Crippen LogP contribution in [0.25, 0.3) is 0 Å². The van der Waals surface area contributed by atoms with E-state index in [1.165, 1.54) is 11.1 Å². The Kier molecular flexibility index (Phi) is 11.3. The number of carbonyl (C=O) groups excluding carboxylic acids is 2. The van der Waals surface area contributed by atoms with E-state index in [1.54, 1.807) is 0 Å². The molecule has 8 heteroatoms. The quantitative estimate of drug-likeness (QED) is 0.146. The minimum atomic E-state index is -0.974. The van der Waals surface area contributed by atoms with Gasteiger partial charge >= 0.3 is 0 Å². The van der Waals surface area contributed by atoms with Gasteiger partial charge in [0.25, 0.3) is 0 Å². The zero-order valence-corrected chi connectivity index (χ0v) is 25.2. The van der Waals surface area contributed by atoms with Gasteiger partial charge in [0.15, 0.2) is 5.96 Å².